The molecule has 136 valence electrons. The van der Waals surface area contributed by atoms with E-state index in [0.717, 1.165) is 31.9 Å². The van der Waals surface area contributed by atoms with Gasteiger partial charge in [-0.2, -0.15) is 0 Å². The summed E-state index contributed by atoms with van der Waals surface area (Å²) in [5.41, 5.74) is 1.26. The van der Waals surface area contributed by atoms with Crippen LogP contribution in [0.25, 0.3) is 0 Å². The molecular formula is C20H29N3O2. The number of hydrogen-bond donors (Lipinski definition) is 0. The fourth-order valence-electron chi connectivity index (χ4n) is 4.82. The quantitative estimate of drug-likeness (QED) is 0.837. The summed E-state index contributed by atoms with van der Waals surface area (Å²) in [5.74, 6) is 2.80. The van der Waals surface area contributed by atoms with Gasteiger partial charge < -0.3 is 14.5 Å². The molecule has 5 nitrogen and oxygen atoms in total. The van der Waals surface area contributed by atoms with Crippen LogP contribution in [0.2, 0.25) is 0 Å². The number of methoxy groups -OCH3 is 1. The molecule has 3 fully saturated rings. The zero-order valence-corrected chi connectivity index (χ0v) is 15.5. The van der Waals surface area contributed by atoms with Crippen LogP contribution in [0.1, 0.15) is 12.8 Å². The molecule has 2 aliphatic heterocycles. The van der Waals surface area contributed by atoms with Gasteiger partial charge in [-0.15, -0.1) is 0 Å². The molecule has 0 aromatic heterocycles. The summed E-state index contributed by atoms with van der Waals surface area (Å²) in [6.07, 6.45) is 2.42. The van der Waals surface area contributed by atoms with Crippen LogP contribution in [-0.2, 0) is 4.79 Å². The summed E-state index contributed by atoms with van der Waals surface area (Å²) in [5, 5.41) is 0. The standard InChI is InChI=1S/C20H29N3O2/c1-21(2)20(24)19-17-12-23(13-18(17)19)14-7-9-22(10-8-14)15-5-4-6-16(11-15)25-3/h4-6,11,14,17-19H,7-10,12-13H2,1-3H3/t17-,18+,19?. The first-order chi connectivity index (χ1) is 12.1. The Morgan fingerprint density at radius 1 is 1.16 bits per heavy atom. The summed E-state index contributed by atoms with van der Waals surface area (Å²) in [7, 11) is 5.48. The maximum atomic E-state index is 12.1. The van der Waals surface area contributed by atoms with Gasteiger partial charge in [-0.3, -0.25) is 9.69 Å². The van der Waals surface area contributed by atoms with Gasteiger partial charge in [0.05, 0.1) is 7.11 Å². The van der Waals surface area contributed by atoms with E-state index < -0.39 is 0 Å². The third-order valence-electron chi connectivity index (χ3n) is 6.35. The zero-order valence-electron chi connectivity index (χ0n) is 15.5. The third-order valence-corrected chi connectivity index (χ3v) is 6.35. The van der Waals surface area contributed by atoms with Crippen molar-refractivity contribution in [1.82, 2.24) is 9.80 Å². The van der Waals surface area contributed by atoms with Crippen molar-refractivity contribution in [3.63, 3.8) is 0 Å². The lowest BCUT2D eigenvalue weighted by Crippen LogP contribution is -2.45. The van der Waals surface area contributed by atoms with E-state index in [4.69, 9.17) is 4.74 Å². The summed E-state index contributed by atoms with van der Waals surface area (Å²) < 4.78 is 5.34. The van der Waals surface area contributed by atoms with Gasteiger partial charge in [-0.25, -0.2) is 0 Å². The van der Waals surface area contributed by atoms with Crippen molar-refractivity contribution < 1.29 is 9.53 Å². The van der Waals surface area contributed by atoms with E-state index in [0.29, 0.717) is 29.7 Å². The molecule has 0 bridgehead atoms. The number of anilines is 1. The normalized spacial score (nSPS) is 29.4. The van der Waals surface area contributed by atoms with E-state index in [2.05, 4.69) is 28.0 Å². The second-order valence-corrected chi connectivity index (χ2v) is 7.96. The molecule has 2 saturated heterocycles. The van der Waals surface area contributed by atoms with Crippen molar-refractivity contribution in [2.24, 2.45) is 17.8 Å². The fourth-order valence-corrected chi connectivity index (χ4v) is 4.82. The number of nitrogens with zero attached hydrogens (tertiary/aromatic N) is 3. The van der Waals surface area contributed by atoms with Crippen LogP contribution in [0.15, 0.2) is 24.3 Å². The lowest BCUT2D eigenvalue weighted by Gasteiger charge is -2.38. The molecule has 1 unspecified atom stereocenters. The molecule has 0 radical (unpaired) electrons. The average molecular weight is 343 g/mol. The number of piperidine rings is 2. The molecule has 2 heterocycles. The first-order valence-electron chi connectivity index (χ1n) is 9.42. The lowest BCUT2D eigenvalue weighted by atomic mass is 10.0. The monoisotopic (exact) mass is 343 g/mol. The minimum atomic E-state index is 0.308. The predicted octanol–water partition coefficient (Wildman–Crippen LogP) is 1.93. The summed E-state index contributed by atoms with van der Waals surface area (Å²) in [6.45, 7) is 4.45. The van der Waals surface area contributed by atoms with Gasteiger partial charge in [0.1, 0.15) is 5.75 Å². The van der Waals surface area contributed by atoms with E-state index in [1.165, 1.54) is 18.5 Å². The highest BCUT2D eigenvalue weighted by Gasteiger charge is 2.60. The largest absolute Gasteiger partial charge is 0.497 e. The van der Waals surface area contributed by atoms with Crippen molar-refractivity contribution in [3.8, 4) is 5.75 Å². The Labute approximate surface area is 150 Å². The number of likely N-dealkylation sites (tertiary alicyclic amines) is 1. The molecular weight excluding hydrogens is 314 g/mol. The zero-order chi connectivity index (χ0) is 17.6. The minimum absolute atomic E-state index is 0.308. The van der Waals surface area contributed by atoms with Crippen LogP contribution in [0.3, 0.4) is 0 Å². The van der Waals surface area contributed by atoms with Crippen LogP contribution < -0.4 is 9.64 Å². The highest BCUT2D eigenvalue weighted by molar-refractivity contribution is 5.82. The smallest absolute Gasteiger partial charge is 0.225 e. The molecule has 1 aromatic rings. The van der Waals surface area contributed by atoms with Crippen molar-refractivity contribution in [2.45, 2.75) is 18.9 Å². The molecule has 5 heteroatoms. The average Bonchev–Trinajstić information content (AvgIpc) is 3.14. The summed E-state index contributed by atoms with van der Waals surface area (Å²) in [4.78, 5) is 19.0. The second-order valence-electron chi connectivity index (χ2n) is 7.96. The minimum Gasteiger partial charge on any atom is -0.497 e. The number of benzene rings is 1. The van der Waals surface area contributed by atoms with Crippen molar-refractivity contribution in [2.75, 3.05) is 52.3 Å². The Balaban J connectivity index is 1.29. The van der Waals surface area contributed by atoms with E-state index >= 15 is 0 Å². The summed E-state index contributed by atoms with van der Waals surface area (Å²) >= 11 is 0. The van der Waals surface area contributed by atoms with Gasteiger partial charge >= 0.3 is 0 Å². The van der Waals surface area contributed by atoms with E-state index in [9.17, 15) is 4.79 Å². The SMILES string of the molecule is COc1cccc(N2CCC(N3C[C@@H]4C(C(=O)N(C)C)[C@@H]4C3)CC2)c1. The Morgan fingerprint density at radius 3 is 2.44 bits per heavy atom. The van der Waals surface area contributed by atoms with Crippen molar-refractivity contribution in [1.29, 1.82) is 0 Å². The Morgan fingerprint density at radius 2 is 1.84 bits per heavy atom. The molecule has 0 N–H and O–H groups in total. The maximum absolute atomic E-state index is 12.1. The van der Waals surface area contributed by atoms with Crippen LogP contribution >= 0.6 is 0 Å². The molecule has 1 aliphatic carbocycles. The van der Waals surface area contributed by atoms with Crippen LogP contribution in [0, 0.1) is 17.8 Å². The number of hydrogen-bond acceptors (Lipinski definition) is 4. The van der Waals surface area contributed by atoms with E-state index in [1.54, 1.807) is 12.0 Å². The summed E-state index contributed by atoms with van der Waals surface area (Å²) in [6, 6.07) is 9.05. The molecule has 1 saturated carbocycles. The van der Waals surface area contributed by atoms with Crippen LogP contribution in [-0.4, -0.2) is 69.1 Å². The molecule has 0 spiro atoms. The highest BCUT2D eigenvalue weighted by Crippen LogP contribution is 2.53. The number of ether oxygens (including phenoxy) is 1. The van der Waals surface area contributed by atoms with E-state index in [-0.39, 0.29) is 0 Å². The highest BCUT2D eigenvalue weighted by atomic mass is 16.5. The number of carbonyl (C=O) groups is 1. The Kier molecular flexibility index (Phi) is 4.36. The van der Waals surface area contributed by atoms with Crippen molar-refractivity contribution >= 4 is 11.6 Å². The molecule has 3 aliphatic rings. The molecule has 1 aromatic carbocycles. The molecule has 1 amide bonds. The number of fused-ring (bicyclic) bond motifs is 1. The molecule has 4 rings (SSSR count). The predicted molar refractivity (Wildman–Crippen MR) is 99.0 cm³/mol. The molecule has 25 heavy (non-hydrogen) atoms. The second kappa shape index (κ2) is 6.52. The third kappa shape index (κ3) is 3.10. The topological polar surface area (TPSA) is 36.0 Å². The van der Waals surface area contributed by atoms with Gasteiger partial charge in [0.25, 0.3) is 0 Å². The van der Waals surface area contributed by atoms with Gasteiger partial charge in [0.2, 0.25) is 5.91 Å². The lowest BCUT2D eigenvalue weighted by molar-refractivity contribution is -0.131. The van der Waals surface area contributed by atoms with Crippen molar-refractivity contribution in [3.05, 3.63) is 24.3 Å². The fraction of sp³-hybridized carbons (Fsp3) is 0.650. The van der Waals surface area contributed by atoms with Gasteiger partial charge in [0, 0.05) is 64.0 Å². The number of carbonyl (C=O) groups excluding carboxylic acids is 1. The Bertz CT molecular complexity index is 628. The van der Waals surface area contributed by atoms with Crippen LogP contribution in [0.4, 0.5) is 5.69 Å². The van der Waals surface area contributed by atoms with Gasteiger partial charge in [-0.05, 0) is 36.8 Å². The van der Waals surface area contributed by atoms with Gasteiger partial charge in [-0.1, -0.05) is 6.07 Å². The van der Waals surface area contributed by atoms with E-state index in [1.807, 2.05) is 20.2 Å². The maximum Gasteiger partial charge on any atom is 0.225 e. The first kappa shape index (κ1) is 16.7. The first-order valence-corrected chi connectivity index (χ1v) is 9.42. The number of amides is 1. The number of rotatable bonds is 4. The molecule has 3 atom stereocenters. The van der Waals surface area contributed by atoms with Gasteiger partial charge in [0.15, 0.2) is 0 Å². The van der Waals surface area contributed by atoms with Crippen LogP contribution in [0.5, 0.6) is 5.75 Å². The Hall–Kier alpha value is -1.75.